The second-order valence-corrected chi connectivity index (χ2v) is 1.53. The Morgan fingerprint density at radius 2 is 2.12 bits per heavy atom. The van der Waals surface area contributed by atoms with Crippen molar-refractivity contribution in [3.8, 4) is 0 Å². The van der Waals surface area contributed by atoms with Crippen molar-refractivity contribution < 1.29 is 10.2 Å². The van der Waals surface area contributed by atoms with Crippen LogP contribution in [-0.2, 0) is 0 Å². The van der Waals surface area contributed by atoms with Gasteiger partial charge in [-0.2, -0.15) is 0 Å². The lowest BCUT2D eigenvalue weighted by Gasteiger charge is -2.09. The Hall–Kier alpha value is -0.380. The van der Waals surface area contributed by atoms with Crippen LogP contribution in [0.5, 0.6) is 0 Å². The normalized spacial score (nSPS) is 17.4. The predicted octanol–water partition coefficient (Wildman–Crippen LogP) is -1.15. The summed E-state index contributed by atoms with van der Waals surface area (Å²) >= 11 is 0. The Kier molecular flexibility index (Phi) is 3.43. The van der Waals surface area contributed by atoms with Crippen LogP contribution in [-0.4, -0.2) is 29.0 Å². The number of rotatable bonds is 3. The third-order valence-electron chi connectivity index (χ3n) is 0.877. The monoisotopic (exact) mass is 117 g/mol. The van der Waals surface area contributed by atoms with Gasteiger partial charge in [0, 0.05) is 6.54 Å². The van der Waals surface area contributed by atoms with Gasteiger partial charge in [0.15, 0.2) is 0 Å². The number of hydrogen-bond donors (Lipinski definition) is 3. The summed E-state index contributed by atoms with van der Waals surface area (Å²) in [6, 6.07) is 0. The van der Waals surface area contributed by atoms with E-state index in [2.05, 4.69) is 6.58 Å². The average molecular weight is 117 g/mol. The Balaban J connectivity index is 3.44. The van der Waals surface area contributed by atoms with E-state index in [-0.39, 0.29) is 6.54 Å². The van der Waals surface area contributed by atoms with Crippen molar-refractivity contribution in [1.29, 1.82) is 0 Å². The van der Waals surface area contributed by atoms with E-state index in [0.29, 0.717) is 0 Å². The van der Waals surface area contributed by atoms with Gasteiger partial charge in [-0.25, -0.2) is 0 Å². The fourth-order valence-electron chi connectivity index (χ4n) is 0.297. The van der Waals surface area contributed by atoms with Gasteiger partial charge in [0.2, 0.25) is 0 Å². The molecule has 0 radical (unpaired) electrons. The molecule has 48 valence electrons. The number of aliphatic hydroxyl groups is 2. The minimum atomic E-state index is -0.889. The standard InChI is InChI=1S/C5H11NO2/c1-2-4(7)5(8)3-6/h2,4-5,7-8H,1,3,6H2/t4-,5?/m0/s1. The largest absolute Gasteiger partial charge is 0.389 e. The van der Waals surface area contributed by atoms with Gasteiger partial charge in [0.25, 0.3) is 0 Å². The summed E-state index contributed by atoms with van der Waals surface area (Å²) in [7, 11) is 0. The van der Waals surface area contributed by atoms with Gasteiger partial charge in [0.05, 0.1) is 12.2 Å². The van der Waals surface area contributed by atoms with Crippen LogP contribution < -0.4 is 5.73 Å². The highest BCUT2D eigenvalue weighted by molar-refractivity contribution is 4.84. The lowest BCUT2D eigenvalue weighted by molar-refractivity contribution is 0.0552. The van der Waals surface area contributed by atoms with Crippen LogP contribution in [0.1, 0.15) is 0 Å². The van der Waals surface area contributed by atoms with Gasteiger partial charge in [-0.15, -0.1) is 6.58 Å². The first-order valence-corrected chi connectivity index (χ1v) is 2.41. The summed E-state index contributed by atoms with van der Waals surface area (Å²) in [6.07, 6.45) is -0.509. The van der Waals surface area contributed by atoms with Crippen molar-refractivity contribution in [2.75, 3.05) is 6.54 Å². The van der Waals surface area contributed by atoms with Crippen LogP contribution in [0.15, 0.2) is 12.7 Å². The number of hydrogen-bond acceptors (Lipinski definition) is 3. The Bertz CT molecular complexity index is 74.8. The summed E-state index contributed by atoms with van der Waals surface area (Å²) in [5.74, 6) is 0. The molecule has 3 heteroatoms. The van der Waals surface area contributed by atoms with Gasteiger partial charge in [-0.1, -0.05) is 6.08 Å². The number of nitrogens with two attached hydrogens (primary N) is 1. The molecule has 0 amide bonds. The van der Waals surface area contributed by atoms with E-state index in [1.165, 1.54) is 6.08 Å². The summed E-state index contributed by atoms with van der Waals surface area (Å²) in [5.41, 5.74) is 4.99. The van der Waals surface area contributed by atoms with Gasteiger partial charge < -0.3 is 15.9 Å². The van der Waals surface area contributed by atoms with Crippen LogP contribution >= 0.6 is 0 Å². The summed E-state index contributed by atoms with van der Waals surface area (Å²) in [4.78, 5) is 0. The molecule has 0 aromatic carbocycles. The number of aliphatic hydroxyl groups excluding tert-OH is 2. The van der Waals surface area contributed by atoms with Crippen molar-refractivity contribution in [3.63, 3.8) is 0 Å². The molecule has 0 fully saturated rings. The van der Waals surface area contributed by atoms with Crippen LogP contribution in [0, 0.1) is 0 Å². The highest BCUT2D eigenvalue weighted by Crippen LogP contribution is 1.89. The fourth-order valence-corrected chi connectivity index (χ4v) is 0.297. The van der Waals surface area contributed by atoms with E-state index in [1.54, 1.807) is 0 Å². The topological polar surface area (TPSA) is 66.5 Å². The Labute approximate surface area is 48.4 Å². The quantitative estimate of drug-likeness (QED) is 0.409. The van der Waals surface area contributed by atoms with Gasteiger partial charge in [0.1, 0.15) is 0 Å². The summed E-state index contributed by atoms with van der Waals surface area (Å²) < 4.78 is 0. The van der Waals surface area contributed by atoms with E-state index < -0.39 is 12.2 Å². The van der Waals surface area contributed by atoms with Crippen LogP contribution in [0.2, 0.25) is 0 Å². The third kappa shape index (κ3) is 2.07. The SMILES string of the molecule is C=C[C@H](O)C(O)CN. The molecule has 0 aliphatic carbocycles. The molecule has 0 aromatic heterocycles. The zero-order valence-corrected chi connectivity index (χ0v) is 4.62. The van der Waals surface area contributed by atoms with Crippen molar-refractivity contribution in [1.82, 2.24) is 0 Å². The lowest BCUT2D eigenvalue weighted by atomic mass is 10.2. The first kappa shape index (κ1) is 7.62. The first-order valence-electron chi connectivity index (χ1n) is 2.41. The molecule has 0 saturated carbocycles. The zero-order valence-electron chi connectivity index (χ0n) is 4.62. The first-order chi connectivity index (χ1) is 3.72. The van der Waals surface area contributed by atoms with Gasteiger partial charge in [-0.3, -0.25) is 0 Å². The van der Waals surface area contributed by atoms with Crippen LogP contribution in [0.3, 0.4) is 0 Å². The van der Waals surface area contributed by atoms with E-state index in [0.717, 1.165) is 0 Å². The maximum atomic E-state index is 8.68. The molecule has 0 aromatic rings. The highest BCUT2D eigenvalue weighted by Gasteiger charge is 2.08. The molecular formula is C5H11NO2. The zero-order chi connectivity index (χ0) is 6.57. The molecule has 2 atom stereocenters. The second-order valence-electron chi connectivity index (χ2n) is 1.53. The molecule has 0 aliphatic heterocycles. The molecule has 0 rings (SSSR count). The highest BCUT2D eigenvalue weighted by atomic mass is 16.3. The second kappa shape index (κ2) is 3.60. The maximum Gasteiger partial charge on any atom is 0.0989 e. The van der Waals surface area contributed by atoms with Crippen molar-refractivity contribution >= 4 is 0 Å². The van der Waals surface area contributed by atoms with Crippen molar-refractivity contribution in [2.45, 2.75) is 12.2 Å². The average Bonchev–Trinajstić information content (AvgIpc) is 1.84. The molecule has 8 heavy (non-hydrogen) atoms. The molecule has 3 nitrogen and oxygen atoms in total. The fraction of sp³-hybridized carbons (Fsp3) is 0.600. The van der Waals surface area contributed by atoms with Gasteiger partial charge in [-0.05, 0) is 0 Å². The summed E-state index contributed by atoms with van der Waals surface area (Å²) in [5, 5.41) is 17.4. The lowest BCUT2D eigenvalue weighted by Crippen LogP contribution is -2.31. The van der Waals surface area contributed by atoms with Crippen molar-refractivity contribution in [3.05, 3.63) is 12.7 Å². The van der Waals surface area contributed by atoms with E-state index in [9.17, 15) is 0 Å². The summed E-state index contributed by atoms with van der Waals surface area (Å²) in [6.45, 7) is 3.33. The third-order valence-corrected chi connectivity index (χ3v) is 0.877. The molecule has 4 N–H and O–H groups in total. The van der Waals surface area contributed by atoms with Crippen LogP contribution in [0.4, 0.5) is 0 Å². The predicted molar refractivity (Wildman–Crippen MR) is 31.3 cm³/mol. The van der Waals surface area contributed by atoms with E-state index in [1.807, 2.05) is 0 Å². The Morgan fingerprint density at radius 1 is 1.62 bits per heavy atom. The van der Waals surface area contributed by atoms with Crippen molar-refractivity contribution in [2.24, 2.45) is 5.73 Å². The molecule has 0 heterocycles. The Morgan fingerprint density at radius 3 is 2.25 bits per heavy atom. The van der Waals surface area contributed by atoms with E-state index >= 15 is 0 Å². The van der Waals surface area contributed by atoms with Gasteiger partial charge >= 0.3 is 0 Å². The minimum Gasteiger partial charge on any atom is -0.389 e. The molecular weight excluding hydrogens is 106 g/mol. The van der Waals surface area contributed by atoms with Crippen LogP contribution in [0.25, 0.3) is 0 Å². The maximum absolute atomic E-state index is 8.68. The molecule has 0 spiro atoms. The molecule has 0 saturated heterocycles. The molecule has 0 aliphatic rings. The minimum absolute atomic E-state index is 0.0627. The van der Waals surface area contributed by atoms with E-state index in [4.69, 9.17) is 15.9 Å². The molecule has 0 bridgehead atoms. The smallest absolute Gasteiger partial charge is 0.0989 e. The molecule has 1 unspecified atom stereocenters.